The van der Waals surface area contributed by atoms with Crippen LogP contribution in [0.15, 0.2) is 29.2 Å². The predicted molar refractivity (Wildman–Crippen MR) is 87.9 cm³/mol. The summed E-state index contributed by atoms with van der Waals surface area (Å²) < 4.78 is 0. The number of benzene rings is 1. The Bertz CT molecular complexity index is 447. The molecule has 116 valence electrons. The van der Waals surface area contributed by atoms with Crippen molar-refractivity contribution in [2.75, 3.05) is 18.8 Å². The molecule has 3 nitrogen and oxygen atoms in total. The molecule has 0 amide bonds. The Labute approximate surface area is 131 Å². The van der Waals surface area contributed by atoms with E-state index < -0.39 is 5.97 Å². The molecule has 2 atom stereocenters. The molecule has 4 heteroatoms. The molecule has 0 heterocycles. The Hall–Kier alpha value is -1.00. The fourth-order valence-corrected chi connectivity index (χ4v) is 3.75. The third-order valence-electron chi connectivity index (χ3n) is 4.20. The van der Waals surface area contributed by atoms with Crippen LogP contribution in [0.2, 0.25) is 0 Å². The van der Waals surface area contributed by atoms with Crippen LogP contribution in [0.3, 0.4) is 0 Å². The lowest BCUT2D eigenvalue weighted by molar-refractivity contribution is -0.144. The zero-order valence-electron chi connectivity index (χ0n) is 12.7. The number of thioether (sulfide) groups is 1. The Morgan fingerprint density at radius 1 is 1.29 bits per heavy atom. The van der Waals surface area contributed by atoms with Gasteiger partial charge in [-0.25, -0.2) is 0 Å². The SMILES string of the molecule is Cc1ccc(SCCNCC2CCCCC2C(=O)O)cc1. The first-order valence-electron chi connectivity index (χ1n) is 7.80. The van der Waals surface area contributed by atoms with E-state index in [0.29, 0.717) is 5.92 Å². The largest absolute Gasteiger partial charge is 0.481 e. The van der Waals surface area contributed by atoms with Gasteiger partial charge in [0.25, 0.3) is 0 Å². The molecule has 0 spiro atoms. The molecule has 2 unspecified atom stereocenters. The summed E-state index contributed by atoms with van der Waals surface area (Å²) in [6.45, 7) is 3.87. The number of aliphatic carboxylic acids is 1. The van der Waals surface area contributed by atoms with E-state index in [0.717, 1.165) is 38.1 Å². The molecule has 0 bridgehead atoms. The molecule has 1 fully saturated rings. The van der Waals surface area contributed by atoms with Gasteiger partial charge in [-0.3, -0.25) is 4.79 Å². The summed E-state index contributed by atoms with van der Waals surface area (Å²) in [5.41, 5.74) is 1.29. The van der Waals surface area contributed by atoms with Gasteiger partial charge in [0, 0.05) is 17.2 Å². The Morgan fingerprint density at radius 2 is 2.00 bits per heavy atom. The fourth-order valence-electron chi connectivity index (χ4n) is 2.94. The first-order chi connectivity index (χ1) is 10.2. The second kappa shape index (κ2) is 8.44. The van der Waals surface area contributed by atoms with Crippen molar-refractivity contribution in [1.29, 1.82) is 0 Å². The molecular weight excluding hydrogens is 282 g/mol. The fraction of sp³-hybridized carbons (Fsp3) is 0.588. The van der Waals surface area contributed by atoms with E-state index in [4.69, 9.17) is 0 Å². The Morgan fingerprint density at radius 3 is 2.71 bits per heavy atom. The van der Waals surface area contributed by atoms with Crippen LogP contribution >= 0.6 is 11.8 Å². The molecule has 0 aromatic heterocycles. The lowest BCUT2D eigenvalue weighted by atomic mass is 9.79. The first kappa shape index (κ1) is 16.4. The molecule has 2 N–H and O–H groups in total. The minimum atomic E-state index is -0.615. The second-order valence-corrected chi connectivity index (χ2v) is 7.02. The molecule has 1 aliphatic carbocycles. The van der Waals surface area contributed by atoms with Gasteiger partial charge in [-0.2, -0.15) is 0 Å². The van der Waals surface area contributed by atoms with Crippen LogP contribution in [-0.4, -0.2) is 29.9 Å². The van der Waals surface area contributed by atoms with Gasteiger partial charge in [0.15, 0.2) is 0 Å². The topological polar surface area (TPSA) is 49.3 Å². The van der Waals surface area contributed by atoms with Crippen LogP contribution in [0.25, 0.3) is 0 Å². The molecule has 1 aromatic carbocycles. The molecule has 1 aliphatic rings. The molecule has 0 radical (unpaired) electrons. The molecule has 2 rings (SSSR count). The number of carboxylic acids is 1. The number of carboxylic acid groups (broad SMARTS) is 1. The number of hydrogen-bond donors (Lipinski definition) is 2. The summed E-state index contributed by atoms with van der Waals surface area (Å²) in [6.07, 6.45) is 4.14. The van der Waals surface area contributed by atoms with E-state index in [2.05, 4.69) is 36.5 Å². The zero-order valence-corrected chi connectivity index (χ0v) is 13.5. The first-order valence-corrected chi connectivity index (χ1v) is 8.78. The second-order valence-electron chi connectivity index (χ2n) is 5.85. The van der Waals surface area contributed by atoms with E-state index in [1.54, 1.807) is 0 Å². The van der Waals surface area contributed by atoms with Crippen molar-refractivity contribution in [2.45, 2.75) is 37.5 Å². The number of aryl methyl sites for hydroxylation is 1. The zero-order chi connectivity index (χ0) is 15.1. The van der Waals surface area contributed by atoms with E-state index in [1.807, 2.05) is 11.8 Å². The highest BCUT2D eigenvalue weighted by Crippen LogP contribution is 2.29. The van der Waals surface area contributed by atoms with Crippen molar-refractivity contribution < 1.29 is 9.90 Å². The Balaban J connectivity index is 1.64. The number of hydrogen-bond acceptors (Lipinski definition) is 3. The van der Waals surface area contributed by atoms with Gasteiger partial charge in [-0.05, 0) is 44.4 Å². The molecule has 1 aromatic rings. The summed E-state index contributed by atoms with van der Waals surface area (Å²) in [4.78, 5) is 12.5. The third kappa shape index (κ3) is 5.36. The van der Waals surface area contributed by atoms with E-state index in [1.165, 1.54) is 16.9 Å². The van der Waals surface area contributed by atoms with E-state index >= 15 is 0 Å². The predicted octanol–water partition coefficient (Wildman–Crippen LogP) is 3.57. The van der Waals surface area contributed by atoms with Crippen molar-refractivity contribution in [2.24, 2.45) is 11.8 Å². The minimum Gasteiger partial charge on any atom is -0.481 e. The lowest BCUT2D eigenvalue weighted by Crippen LogP contribution is -2.35. The highest BCUT2D eigenvalue weighted by molar-refractivity contribution is 7.99. The average Bonchev–Trinajstić information content (AvgIpc) is 2.49. The van der Waals surface area contributed by atoms with Crippen molar-refractivity contribution in [3.05, 3.63) is 29.8 Å². The summed E-state index contributed by atoms with van der Waals surface area (Å²) in [6, 6.07) is 8.58. The van der Waals surface area contributed by atoms with Crippen LogP contribution in [0, 0.1) is 18.8 Å². The third-order valence-corrected chi connectivity index (χ3v) is 5.22. The van der Waals surface area contributed by atoms with Crippen LogP contribution in [0.5, 0.6) is 0 Å². The molecular formula is C17H25NO2S. The van der Waals surface area contributed by atoms with Crippen molar-refractivity contribution in [1.82, 2.24) is 5.32 Å². The minimum absolute atomic E-state index is 0.143. The summed E-state index contributed by atoms with van der Waals surface area (Å²) in [5.74, 6) is 0.570. The van der Waals surface area contributed by atoms with Gasteiger partial charge < -0.3 is 10.4 Å². The van der Waals surface area contributed by atoms with Gasteiger partial charge in [0.1, 0.15) is 0 Å². The van der Waals surface area contributed by atoms with E-state index in [-0.39, 0.29) is 5.92 Å². The van der Waals surface area contributed by atoms with Gasteiger partial charge in [0.05, 0.1) is 5.92 Å². The molecule has 1 saturated carbocycles. The van der Waals surface area contributed by atoms with Crippen molar-refractivity contribution >= 4 is 17.7 Å². The summed E-state index contributed by atoms with van der Waals surface area (Å²) >= 11 is 1.84. The van der Waals surface area contributed by atoms with Crippen LogP contribution in [0.1, 0.15) is 31.2 Å². The highest BCUT2D eigenvalue weighted by atomic mass is 32.2. The standard InChI is InChI=1S/C17H25NO2S/c1-13-6-8-15(9-7-13)21-11-10-18-12-14-4-2-3-5-16(14)17(19)20/h6-9,14,16,18H,2-5,10-12H2,1H3,(H,19,20). The average molecular weight is 307 g/mol. The van der Waals surface area contributed by atoms with Gasteiger partial charge in [0.2, 0.25) is 0 Å². The smallest absolute Gasteiger partial charge is 0.306 e. The van der Waals surface area contributed by atoms with Crippen LogP contribution in [-0.2, 0) is 4.79 Å². The number of nitrogens with one attached hydrogen (secondary N) is 1. The molecule has 0 aliphatic heterocycles. The highest BCUT2D eigenvalue weighted by Gasteiger charge is 2.30. The quantitative estimate of drug-likeness (QED) is 0.597. The molecule has 0 saturated heterocycles. The Kier molecular flexibility index (Phi) is 6.58. The number of carbonyl (C=O) groups is 1. The molecule has 21 heavy (non-hydrogen) atoms. The summed E-state index contributed by atoms with van der Waals surface area (Å²) in [7, 11) is 0. The lowest BCUT2D eigenvalue weighted by Gasteiger charge is -2.28. The monoisotopic (exact) mass is 307 g/mol. The van der Waals surface area contributed by atoms with Gasteiger partial charge >= 0.3 is 5.97 Å². The van der Waals surface area contributed by atoms with Crippen molar-refractivity contribution in [3.63, 3.8) is 0 Å². The maximum absolute atomic E-state index is 11.2. The van der Waals surface area contributed by atoms with Gasteiger partial charge in [-0.1, -0.05) is 30.5 Å². The van der Waals surface area contributed by atoms with Crippen LogP contribution < -0.4 is 5.32 Å². The van der Waals surface area contributed by atoms with Gasteiger partial charge in [-0.15, -0.1) is 11.8 Å². The normalized spacial score (nSPS) is 22.1. The maximum Gasteiger partial charge on any atom is 0.306 e. The van der Waals surface area contributed by atoms with Crippen molar-refractivity contribution in [3.8, 4) is 0 Å². The maximum atomic E-state index is 11.2. The van der Waals surface area contributed by atoms with Crippen LogP contribution in [0.4, 0.5) is 0 Å². The van der Waals surface area contributed by atoms with E-state index in [9.17, 15) is 9.90 Å². The summed E-state index contributed by atoms with van der Waals surface area (Å²) in [5, 5.41) is 12.7. The number of rotatable bonds is 7.